The Kier molecular flexibility index (Phi) is 5.61. The van der Waals surface area contributed by atoms with Gasteiger partial charge in [0.1, 0.15) is 11.5 Å². The first-order valence-electron chi connectivity index (χ1n) is 9.66. The lowest BCUT2D eigenvalue weighted by molar-refractivity contribution is -0.118. The second kappa shape index (κ2) is 8.66. The number of hydrogen-bond donors (Lipinski definition) is 1. The van der Waals surface area contributed by atoms with Crippen molar-refractivity contribution in [3.63, 3.8) is 0 Å². The summed E-state index contributed by atoms with van der Waals surface area (Å²) in [6.07, 6.45) is 0. The van der Waals surface area contributed by atoms with Gasteiger partial charge >= 0.3 is 0 Å². The van der Waals surface area contributed by atoms with Crippen molar-refractivity contribution in [2.24, 2.45) is 0 Å². The number of hydrogen-bond acceptors (Lipinski definition) is 4. The van der Waals surface area contributed by atoms with Crippen LogP contribution in [-0.4, -0.2) is 24.6 Å². The number of carbonyl (C=O) groups excluding carboxylic acids is 1. The maximum atomic E-state index is 12.4. The molecule has 0 spiro atoms. The highest BCUT2D eigenvalue weighted by Crippen LogP contribution is 2.30. The number of para-hydroxylation sites is 2. The van der Waals surface area contributed by atoms with E-state index < -0.39 is 0 Å². The molecule has 0 aliphatic heterocycles. The molecular formula is C25H22N2O3. The molecule has 1 aromatic heterocycles. The number of amides is 1. The lowest BCUT2D eigenvalue weighted by Gasteiger charge is -2.13. The van der Waals surface area contributed by atoms with Crippen LogP contribution in [0.4, 0.5) is 5.69 Å². The molecule has 0 saturated carbocycles. The third kappa shape index (κ3) is 4.25. The molecule has 3 aromatic carbocycles. The van der Waals surface area contributed by atoms with Gasteiger partial charge in [-0.1, -0.05) is 30.3 Å². The second-order valence-corrected chi connectivity index (χ2v) is 6.90. The van der Waals surface area contributed by atoms with Gasteiger partial charge in [0.05, 0.1) is 18.3 Å². The zero-order chi connectivity index (χ0) is 20.9. The fourth-order valence-electron chi connectivity index (χ4n) is 3.22. The molecule has 0 saturated heterocycles. The smallest absolute Gasteiger partial charge is 0.262 e. The van der Waals surface area contributed by atoms with Gasteiger partial charge in [0.2, 0.25) is 0 Å². The first kappa shape index (κ1) is 19.5. The van der Waals surface area contributed by atoms with Crippen LogP contribution in [0.3, 0.4) is 0 Å². The standard InChI is InChI=1S/C25H22N2O3/c1-17-7-3-5-9-21(17)27-25(28)16-30-24-15-23(18-11-13-19(29-2)14-12-18)26-22-10-6-4-8-20(22)24/h3-15H,16H2,1-2H3,(H,27,28). The Balaban J connectivity index is 1.59. The molecule has 0 unspecified atom stereocenters. The minimum Gasteiger partial charge on any atom is -0.497 e. The SMILES string of the molecule is COc1ccc(-c2cc(OCC(=O)Nc3ccccc3C)c3ccccc3n2)cc1. The van der Waals surface area contributed by atoms with Crippen LogP contribution < -0.4 is 14.8 Å². The summed E-state index contributed by atoms with van der Waals surface area (Å²) in [5, 5.41) is 3.75. The molecule has 1 N–H and O–H groups in total. The minimum absolute atomic E-state index is 0.0929. The van der Waals surface area contributed by atoms with Crippen molar-refractivity contribution >= 4 is 22.5 Å². The number of nitrogens with zero attached hydrogens (tertiary/aromatic N) is 1. The molecule has 1 amide bonds. The maximum Gasteiger partial charge on any atom is 0.262 e. The average molecular weight is 398 g/mol. The van der Waals surface area contributed by atoms with Crippen molar-refractivity contribution < 1.29 is 14.3 Å². The predicted octanol–water partition coefficient (Wildman–Crippen LogP) is 5.24. The van der Waals surface area contributed by atoms with E-state index in [9.17, 15) is 4.79 Å². The lowest BCUT2D eigenvalue weighted by atomic mass is 10.1. The van der Waals surface area contributed by atoms with Gasteiger partial charge in [0.15, 0.2) is 6.61 Å². The third-order valence-electron chi connectivity index (χ3n) is 4.84. The molecule has 0 aliphatic rings. The third-order valence-corrected chi connectivity index (χ3v) is 4.84. The van der Waals surface area contributed by atoms with Crippen LogP contribution in [0.2, 0.25) is 0 Å². The van der Waals surface area contributed by atoms with E-state index in [-0.39, 0.29) is 12.5 Å². The molecule has 5 nitrogen and oxygen atoms in total. The Morgan fingerprint density at radius 1 is 0.967 bits per heavy atom. The molecule has 0 radical (unpaired) electrons. The first-order valence-corrected chi connectivity index (χ1v) is 9.66. The molecule has 150 valence electrons. The van der Waals surface area contributed by atoms with Crippen molar-refractivity contribution in [2.45, 2.75) is 6.92 Å². The van der Waals surface area contributed by atoms with Crippen molar-refractivity contribution in [3.8, 4) is 22.8 Å². The van der Waals surface area contributed by atoms with Gasteiger partial charge in [-0.15, -0.1) is 0 Å². The second-order valence-electron chi connectivity index (χ2n) is 6.90. The van der Waals surface area contributed by atoms with Crippen molar-refractivity contribution in [2.75, 3.05) is 19.0 Å². The monoisotopic (exact) mass is 398 g/mol. The average Bonchev–Trinajstić information content (AvgIpc) is 2.79. The molecule has 4 aromatic rings. The highest BCUT2D eigenvalue weighted by Gasteiger charge is 2.11. The van der Waals surface area contributed by atoms with Crippen LogP contribution in [0, 0.1) is 6.92 Å². The lowest BCUT2D eigenvalue weighted by Crippen LogP contribution is -2.20. The highest BCUT2D eigenvalue weighted by atomic mass is 16.5. The van der Waals surface area contributed by atoms with Gasteiger partial charge in [0.25, 0.3) is 5.91 Å². The number of nitrogens with one attached hydrogen (secondary N) is 1. The van der Waals surface area contributed by atoms with E-state index in [4.69, 9.17) is 14.5 Å². The molecule has 5 heteroatoms. The Labute approximate surface area is 175 Å². The van der Waals surface area contributed by atoms with E-state index >= 15 is 0 Å². The summed E-state index contributed by atoms with van der Waals surface area (Å²) in [6.45, 7) is 1.86. The van der Waals surface area contributed by atoms with Crippen LogP contribution in [-0.2, 0) is 4.79 Å². The topological polar surface area (TPSA) is 60.5 Å². The van der Waals surface area contributed by atoms with E-state index in [1.165, 1.54) is 0 Å². The Morgan fingerprint density at radius 2 is 1.70 bits per heavy atom. The van der Waals surface area contributed by atoms with Crippen LogP contribution >= 0.6 is 0 Å². The van der Waals surface area contributed by atoms with Crippen LogP contribution in [0.25, 0.3) is 22.2 Å². The molecule has 0 atom stereocenters. The number of anilines is 1. The fourth-order valence-corrected chi connectivity index (χ4v) is 3.22. The molecule has 0 bridgehead atoms. The molecule has 4 rings (SSSR count). The van der Waals surface area contributed by atoms with E-state index in [1.54, 1.807) is 7.11 Å². The predicted molar refractivity (Wildman–Crippen MR) is 119 cm³/mol. The van der Waals surface area contributed by atoms with Crippen LogP contribution in [0.5, 0.6) is 11.5 Å². The number of aryl methyl sites for hydroxylation is 1. The molecule has 0 fully saturated rings. The van der Waals surface area contributed by atoms with Gasteiger partial charge in [-0.25, -0.2) is 4.98 Å². The summed E-state index contributed by atoms with van der Waals surface area (Å²) in [6, 6.07) is 24.9. The van der Waals surface area contributed by atoms with Crippen LogP contribution in [0.1, 0.15) is 5.56 Å². The van der Waals surface area contributed by atoms with Crippen molar-refractivity contribution in [3.05, 3.63) is 84.4 Å². The molecule has 0 aliphatic carbocycles. The van der Waals surface area contributed by atoms with E-state index in [0.717, 1.165) is 39.2 Å². The highest BCUT2D eigenvalue weighted by molar-refractivity contribution is 5.93. The zero-order valence-electron chi connectivity index (χ0n) is 16.9. The summed E-state index contributed by atoms with van der Waals surface area (Å²) < 4.78 is 11.2. The number of benzene rings is 3. The van der Waals surface area contributed by atoms with Gasteiger partial charge < -0.3 is 14.8 Å². The number of methoxy groups -OCH3 is 1. The molecular weight excluding hydrogens is 376 g/mol. The van der Waals surface area contributed by atoms with Gasteiger partial charge in [0, 0.05) is 22.7 Å². The summed E-state index contributed by atoms with van der Waals surface area (Å²) >= 11 is 0. The zero-order valence-corrected chi connectivity index (χ0v) is 16.9. The molecule has 1 heterocycles. The van der Waals surface area contributed by atoms with Gasteiger partial charge in [-0.05, 0) is 55.0 Å². The number of carbonyl (C=O) groups is 1. The largest absolute Gasteiger partial charge is 0.497 e. The number of ether oxygens (including phenoxy) is 2. The number of fused-ring (bicyclic) bond motifs is 1. The van der Waals surface area contributed by atoms with E-state index in [2.05, 4.69) is 5.32 Å². The normalized spacial score (nSPS) is 10.6. The Hall–Kier alpha value is -3.86. The van der Waals surface area contributed by atoms with Gasteiger partial charge in [-0.3, -0.25) is 4.79 Å². The first-order chi connectivity index (χ1) is 14.6. The Bertz CT molecular complexity index is 1190. The maximum absolute atomic E-state index is 12.4. The van der Waals surface area contributed by atoms with E-state index in [0.29, 0.717) is 5.75 Å². The Morgan fingerprint density at radius 3 is 2.47 bits per heavy atom. The molecule has 30 heavy (non-hydrogen) atoms. The number of rotatable bonds is 6. The summed E-state index contributed by atoms with van der Waals surface area (Å²) in [7, 11) is 1.64. The number of aromatic nitrogens is 1. The summed E-state index contributed by atoms with van der Waals surface area (Å²) in [5.41, 5.74) is 4.30. The van der Waals surface area contributed by atoms with Crippen molar-refractivity contribution in [1.82, 2.24) is 4.98 Å². The minimum atomic E-state index is -0.212. The van der Waals surface area contributed by atoms with Crippen molar-refractivity contribution in [1.29, 1.82) is 0 Å². The van der Waals surface area contributed by atoms with E-state index in [1.807, 2.05) is 85.8 Å². The van der Waals surface area contributed by atoms with Gasteiger partial charge in [-0.2, -0.15) is 0 Å². The quantitative estimate of drug-likeness (QED) is 0.483. The number of pyridine rings is 1. The van der Waals surface area contributed by atoms with Crippen LogP contribution in [0.15, 0.2) is 78.9 Å². The summed E-state index contributed by atoms with van der Waals surface area (Å²) in [5.74, 6) is 1.19. The summed E-state index contributed by atoms with van der Waals surface area (Å²) in [4.78, 5) is 17.2. The fraction of sp³-hybridized carbons (Fsp3) is 0.120.